The van der Waals surface area contributed by atoms with Gasteiger partial charge in [-0.25, -0.2) is 0 Å². The minimum Gasteiger partial charge on any atom is -0.507 e. The quantitative estimate of drug-likeness (QED) is 0.606. The fourth-order valence-corrected chi connectivity index (χ4v) is 2.30. The van der Waals surface area contributed by atoms with Crippen molar-refractivity contribution >= 4 is 11.9 Å². The van der Waals surface area contributed by atoms with Gasteiger partial charge in [0, 0.05) is 12.1 Å². The van der Waals surface area contributed by atoms with E-state index < -0.39 is 0 Å². The van der Waals surface area contributed by atoms with Gasteiger partial charge in [-0.05, 0) is 37.6 Å². The molecule has 0 unspecified atom stereocenters. The summed E-state index contributed by atoms with van der Waals surface area (Å²) < 4.78 is 15.9. The number of phenolic OH excluding ortho intramolecular Hbond substituents is 1. The molecular weight excluding hydrogens is 320 g/mol. The number of hydrogen-bond donors (Lipinski definition) is 1. The molecule has 2 rings (SSSR count). The van der Waals surface area contributed by atoms with E-state index in [1.807, 2.05) is 26.0 Å². The van der Waals surface area contributed by atoms with Crippen LogP contribution in [0, 0.1) is 0 Å². The Balaban J connectivity index is 2.26. The highest BCUT2D eigenvalue weighted by molar-refractivity contribution is 6.10. The largest absolute Gasteiger partial charge is 0.507 e. The second kappa shape index (κ2) is 8.24. The highest BCUT2D eigenvalue weighted by Crippen LogP contribution is 2.34. The van der Waals surface area contributed by atoms with Crippen LogP contribution in [0.15, 0.2) is 42.5 Å². The van der Waals surface area contributed by atoms with Crippen molar-refractivity contribution in [3.05, 3.63) is 53.6 Å². The van der Waals surface area contributed by atoms with Gasteiger partial charge in [-0.1, -0.05) is 18.2 Å². The van der Waals surface area contributed by atoms with Crippen LogP contribution in [0.4, 0.5) is 0 Å². The lowest BCUT2D eigenvalue weighted by atomic mass is 10.1. The summed E-state index contributed by atoms with van der Waals surface area (Å²) >= 11 is 0. The van der Waals surface area contributed by atoms with Crippen LogP contribution in [0.1, 0.15) is 29.8 Å². The Labute approximate surface area is 147 Å². The van der Waals surface area contributed by atoms with Crippen molar-refractivity contribution < 1.29 is 24.1 Å². The molecule has 0 spiro atoms. The third-order valence-corrected chi connectivity index (χ3v) is 3.44. The average molecular weight is 342 g/mol. The van der Waals surface area contributed by atoms with E-state index in [0.29, 0.717) is 5.75 Å². The van der Waals surface area contributed by atoms with E-state index in [2.05, 4.69) is 0 Å². The molecular formula is C20H22O5. The topological polar surface area (TPSA) is 65.0 Å². The zero-order valence-corrected chi connectivity index (χ0v) is 14.8. The number of carbonyl (C=O) groups excluding carboxylic acids is 1. The number of ketones is 1. The molecule has 0 aliphatic carbocycles. The second-order valence-electron chi connectivity index (χ2n) is 5.66. The predicted molar refractivity (Wildman–Crippen MR) is 96.8 cm³/mol. The first-order valence-electron chi connectivity index (χ1n) is 7.88. The fourth-order valence-electron chi connectivity index (χ4n) is 2.30. The van der Waals surface area contributed by atoms with Crippen LogP contribution in [0.3, 0.4) is 0 Å². The Kier molecular flexibility index (Phi) is 6.06. The maximum Gasteiger partial charge on any atom is 0.193 e. The lowest BCUT2D eigenvalue weighted by Gasteiger charge is -2.14. The summed E-state index contributed by atoms with van der Waals surface area (Å²) in [5.41, 5.74) is 0.940. The molecule has 0 amide bonds. The first-order chi connectivity index (χ1) is 11.9. The standard InChI is InChI=1S/C20H22O5/c1-13(2)25-16-11-18(22)20(19(12-16)24-4)17(21)10-7-14-5-8-15(23-3)9-6-14/h5-13,22H,1-4H3. The molecule has 2 aromatic rings. The van der Waals surface area contributed by atoms with E-state index in [-0.39, 0.29) is 28.9 Å². The first kappa shape index (κ1) is 18.4. The minimum atomic E-state index is -0.360. The molecule has 0 fully saturated rings. The summed E-state index contributed by atoms with van der Waals surface area (Å²) in [6.45, 7) is 3.75. The summed E-state index contributed by atoms with van der Waals surface area (Å²) in [7, 11) is 3.04. The maximum atomic E-state index is 12.5. The number of phenols is 1. The van der Waals surface area contributed by atoms with Crippen LogP contribution in [0.2, 0.25) is 0 Å². The number of aromatic hydroxyl groups is 1. The van der Waals surface area contributed by atoms with Crippen LogP contribution < -0.4 is 14.2 Å². The zero-order chi connectivity index (χ0) is 18.4. The fraction of sp³-hybridized carbons (Fsp3) is 0.250. The van der Waals surface area contributed by atoms with Crippen LogP contribution in [-0.2, 0) is 0 Å². The molecule has 0 atom stereocenters. The third kappa shape index (κ3) is 4.76. The highest BCUT2D eigenvalue weighted by atomic mass is 16.5. The van der Waals surface area contributed by atoms with Crippen molar-refractivity contribution in [3.8, 4) is 23.0 Å². The summed E-state index contributed by atoms with van der Waals surface area (Å²) in [5, 5.41) is 10.2. The molecule has 0 heterocycles. The van der Waals surface area contributed by atoms with E-state index in [0.717, 1.165) is 11.3 Å². The molecule has 2 aromatic carbocycles. The van der Waals surface area contributed by atoms with E-state index in [1.54, 1.807) is 31.4 Å². The molecule has 0 saturated heterocycles. The smallest absolute Gasteiger partial charge is 0.193 e. The van der Waals surface area contributed by atoms with Crippen LogP contribution in [-0.4, -0.2) is 31.2 Å². The summed E-state index contributed by atoms with van der Waals surface area (Å²) in [4.78, 5) is 12.5. The Bertz CT molecular complexity index is 760. The lowest BCUT2D eigenvalue weighted by Crippen LogP contribution is -2.07. The Hall–Kier alpha value is -2.95. The molecule has 0 bridgehead atoms. The molecule has 0 aliphatic heterocycles. The van der Waals surface area contributed by atoms with Gasteiger partial charge in [-0.3, -0.25) is 4.79 Å². The van der Waals surface area contributed by atoms with Crippen LogP contribution in [0.25, 0.3) is 6.08 Å². The average Bonchev–Trinajstić information content (AvgIpc) is 2.59. The Morgan fingerprint density at radius 3 is 2.28 bits per heavy atom. The van der Waals surface area contributed by atoms with E-state index in [9.17, 15) is 9.90 Å². The zero-order valence-electron chi connectivity index (χ0n) is 14.8. The monoisotopic (exact) mass is 342 g/mol. The minimum absolute atomic E-state index is 0.0550. The normalized spacial score (nSPS) is 10.9. The summed E-state index contributed by atoms with van der Waals surface area (Å²) in [6.07, 6.45) is 3.00. The van der Waals surface area contributed by atoms with E-state index in [4.69, 9.17) is 14.2 Å². The highest BCUT2D eigenvalue weighted by Gasteiger charge is 2.18. The Morgan fingerprint density at radius 2 is 1.72 bits per heavy atom. The van der Waals surface area contributed by atoms with Gasteiger partial charge in [0.15, 0.2) is 5.78 Å². The Morgan fingerprint density at radius 1 is 1.04 bits per heavy atom. The molecule has 0 aromatic heterocycles. The molecule has 5 heteroatoms. The number of ether oxygens (including phenoxy) is 3. The van der Waals surface area contributed by atoms with Crippen LogP contribution in [0.5, 0.6) is 23.0 Å². The van der Waals surface area contributed by atoms with Gasteiger partial charge in [0.2, 0.25) is 0 Å². The van der Waals surface area contributed by atoms with Crippen molar-refractivity contribution in [1.82, 2.24) is 0 Å². The summed E-state index contributed by atoms with van der Waals surface area (Å²) in [6, 6.07) is 10.3. The molecule has 5 nitrogen and oxygen atoms in total. The molecule has 132 valence electrons. The van der Waals surface area contributed by atoms with Crippen molar-refractivity contribution in [3.63, 3.8) is 0 Å². The van der Waals surface area contributed by atoms with Crippen molar-refractivity contribution in [2.24, 2.45) is 0 Å². The first-order valence-corrected chi connectivity index (χ1v) is 7.88. The van der Waals surface area contributed by atoms with Gasteiger partial charge in [-0.15, -0.1) is 0 Å². The predicted octanol–water partition coefficient (Wildman–Crippen LogP) is 4.09. The van der Waals surface area contributed by atoms with Gasteiger partial charge >= 0.3 is 0 Å². The number of methoxy groups -OCH3 is 2. The van der Waals surface area contributed by atoms with Crippen molar-refractivity contribution in [2.45, 2.75) is 20.0 Å². The SMILES string of the molecule is COc1ccc(C=CC(=O)c2c(O)cc(OC(C)C)cc2OC)cc1. The van der Waals surface area contributed by atoms with Gasteiger partial charge in [0.25, 0.3) is 0 Å². The number of hydrogen-bond acceptors (Lipinski definition) is 5. The van der Waals surface area contributed by atoms with E-state index >= 15 is 0 Å². The molecule has 0 radical (unpaired) electrons. The summed E-state index contributed by atoms with van der Waals surface area (Å²) in [5.74, 6) is 0.907. The van der Waals surface area contributed by atoms with Crippen molar-refractivity contribution in [2.75, 3.05) is 14.2 Å². The molecule has 25 heavy (non-hydrogen) atoms. The van der Waals surface area contributed by atoms with Crippen molar-refractivity contribution in [1.29, 1.82) is 0 Å². The number of benzene rings is 2. The third-order valence-electron chi connectivity index (χ3n) is 3.44. The van der Waals surface area contributed by atoms with Gasteiger partial charge < -0.3 is 19.3 Å². The second-order valence-corrected chi connectivity index (χ2v) is 5.66. The maximum absolute atomic E-state index is 12.5. The number of rotatable bonds is 7. The van der Waals surface area contributed by atoms with Gasteiger partial charge in [-0.2, -0.15) is 0 Å². The number of carbonyl (C=O) groups is 1. The number of allylic oxidation sites excluding steroid dienone is 1. The van der Waals surface area contributed by atoms with Gasteiger partial charge in [0.05, 0.1) is 20.3 Å². The van der Waals surface area contributed by atoms with Crippen LogP contribution >= 0.6 is 0 Å². The lowest BCUT2D eigenvalue weighted by molar-refractivity contribution is 0.104. The molecule has 0 aliphatic rings. The van der Waals surface area contributed by atoms with E-state index in [1.165, 1.54) is 19.3 Å². The molecule has 1 N–H and O–H groups in total. The molecule has 0 saturated carbocycles. The van der Waals surface area contributed by atoms with Gasteiger partial charge in [0.1, 0.15) is 28.6 Å².